The summed E-state index contributed by atoms with van der Waals surface area (Å²) >= 11 is 6.20. The molecule has 1 aliphatic heterocycles. The number of carbonyl (C=O) groups is 1. The summed E-state index contributed by atoms with van der Waals surface area (Å²) in [4.78, 5) is 11.7. The van der Waals surface area contributed by atoms with Crippen LogP contribution in [-0.4, -0.2) is 25.0 Å². The van der Waals surface area contributed by atoms with Gasteiger partial charge in [0.15, 0.2) is 5.78 Å². The number of hydrogen-bond donors (Lipinski definition) is 1. The van der Waals surface area contributed by atoms with Crippen LogP contribution >= 0.6 is 11.6 Å². The number of nitriles is 1. The van der Waals surface area contributed by atoms with Gasteiger partial charge in [-0.25, -0.2) is 0 Å². The molecule has 2 rings (SSSR count). The van der Waals surface area contributed by atoms with Gasteiger partial charge in [-0.1, -0.05) is 18.5 Å². The lowest BCUT2D eigenvalue weighted by atomic mass is 10.0. The summed E-state index contributed by atoms with van der Waals surface area (Å²) in [6.45, 7) is 2.71. The van der Waals surface area contributed by atoms with E-state index in [-0.39, 0.29) is 18.4 Å². The number of rotatable bonds is 3. The molecule has 1 aromatic carbocycles. The van der Waals surface area contributed by atoms with E-state index in [0.717, 1.165) is 11.3 Å². The van der Waals surface area contributed by atoms with Crippen molar-refractivity contribution in [3.63, 3.8) is 0 Å². The van der Waals surface area contributed by atoms with Crippen LogP contribution in [0.15, 0.2) is 12.1 Å². The molecule has 5 heteroatoms. The summed E-state index contributed by atoms with van der Waals surface area (Å²) in [5.41, 5.74) is 2.16. The van der Waals surface area contributed by atoms with Gasteiger partial charge in [0.1, 0.15) is 12.7 Å². The highest BCUT2D eigenvalue weighted by Crippen LogP contribution is 2.29. The zero-order valence-electron chi connectivity index (χ0n) is 10.7. The van der Waals surface area contributed by atoms with Gasteiger partial charge in [-0.3, -0.25) is 4.79 Å². The summed E-state index contributed by atoms with van der Waals surface area (Å²) < 4.78 is 5.11. The molecule has 0 spiro atoms. The Morgan fingerprint density at radius 3 is 3.00 bits per heavy atom. The van der Waals surface area contributed by atoms with Crippen molar-refractivity contribution in [1.82, 2.24) is 0 Å². The van der Waals surface area contributed by atoms with Crippen molar-refractivity contribution in [2.24, 2.45) is 0 Å². The van der Waals surface area contributed by atoms with Crippen molar-refractivity contribution < 1.29 is 9.53 Å². The van der Waals surface area contributed by atoms with Gasteiger partial charge in [-0.2, -0.15) is 5.26 Å². The number of benzene rings is 1. The molecule has 0 bridgehead atoms. The van der Waals surface area contributed by atoms with E-state index in [9.17, 15) is 4.79 Å². The fourth-order valence-electron chi connectivity index (χ4n) is 2.16. The van der Waals surface area contributed by atoms with E-state index in [4.69, 9.17) is 21.6 Å². The number of ether oxygens (including phenoxy) is 1. The normalized spacial score (nSPS) is 19.0. The Bertz CT molecular complexity index is 537. The van der Waals surface area contributed by atoms with E-state index in [1.54, 1.807) is 6.07 Å². The first-order chi connectivity index (χ1) is 9.17. The van der Waals surface area contributed by atoms with E-state index in [1.165, 1.54) is 0 Å². The number of carbonyl (C=O) groups excluding carboxylic acids is 1. The molecule has 19 heavy (non-hydrogen) atoms. The van der Waals surface area contributed by atoms with Crippen LogP contribution in [0.3, 0.4) is 0 Å². The van der Waals surface area contributed by atoms with Crippen LogP contribution in [0.2, 0.25) is 5.02 Å². The van der Waals surface area contributed by atoms with Gasteiger partial charge in [0.25, 0.3) is 0 Å². The first-order valence-corrected chi connectivity index (χ1v) is 6.63. The van der Waals surface area contributed by atoms with Crippen LogP contribution in [0.5, 0.6) is 0 Å². The van der Waals surface area contributed by atoms with Gasteiger partial charge in [-0.15, -0.1) is 0 Å². The van der Waals surface area contributed by atoms with Crippen molar-refractivity contribution in [3.05, 3.63) is 28.3 Å². The predicted molar refractivity (Wildman–Crippen MR) is 73.4 cm³/mol. The fraction of sp³-hybridized carbons (Fsp3) is 0.429. The predicted octanol–water partition coefficient (Wildman–Crippen LogP) is 2.54. The Kier molecular flexibility index (Phi) is 4.41. The van der Waals surface area contributed by atoms with Crippen LogP contribution in [0, 0.1) is 11.3 Å². The van der Waals surface area contributed by atoms with E-state index >= 15 is 0 Å². The second-order valence-electron chi connectivity index (χ2n) is 4.42. The molecular weight excluding hydrogens is 264 g/mol. The smallest absolute Gasteiger partial charge is 0.180 e. The molecule has 1 aliphatic rings. The van der Waals surface area contributed by atoms with Crippen molar-refractivity contribution >= 4 is 23.1 Å². The highest BCUT2D eigenvalue weighted by molar-refractivity contribution is 6.33. The molecule has 1 saturated heterocycles. The van der Waals surface area contributed by atoms with Crippen LogP contribution in [0.1, 0.15) is 24.5 Å². The summed E-state index contributed by atoms with van der Waals surface area (Å²) in [6, 6.07) is 5.32. The van der Waals surface area contributed by atoms with Crippen molar-refractivity contribution in [3.8, 4) is 6.07 Å². The standard InChI is InChI=1S/C14H15ClN2O2/c1-2-10-11(4-3-9(7-16)14(10)15)17-12-5-6-19-8-13(12)18/h3-4,12,17H,2,5-6,8H2,1H3. The maximum Gasteiger partial charge on any atom is 0.180 e. The quantitative estimate of drug-likeness (QED) is 0.923. The molecule has 0 aliphatic carbocycles. The van der Waals surface area contributed by atoms with E-state index < -0.39 is 0 Å². The molecule has 0 radical (unpaired) electrons. The third kappa shape index (κ3) is 2.89. The first-order valence-electron chi connectivity index (χ1n) is 6.25. The van der Waals surface area contributed by atoms with Crippen LogP contribution in [0.4, 0.5) is 5.69 Å². The van der Waals surface area contributed by atoms with Crippen LogP contribution in [0.25, 0.3) is 0 Å². The molecule has 100 valence electrons. The first kappa shape index (κ1) is 13.9. The lowest BCUT2D eigenvalue weighted by Gasteiger charge is -2.24. The van der Waals surface area contributed by atoms with Crippen molar-refractivity contribution in [2.75, 3.05) is 18.5 Å². The Hall–Kier alpha value is -1.57. The van der Waals surface area contributed by atoms with E-state index in [1.807, 2.05) is 13.0 Å². The number of anilines is 1. The molecule has 1 fully saturated rings. The topological polar surface area (TPSA) is 62.1 Å². The molecule has 0 aromatic heterocycles. The molecule has 1 aromatic rings. The minimum atomic E-state index is -0.233. The number of ketones is 1. The van der Waals surface area contributed by atoms with Crippen molar-refractivity contribution in [1.29, 1.82) is 5.26 Å². The van der Waals surface area contributed by atoms with Gasteiger partial charge in [0.2, 0.25) is 0 Å². The Morgan fingerprint density at radius 1 is 1.58 bits per heavy atom. The number of hydrogen-bond acceptors (Lipinski definition) is 4. The van der Waals surface area contributed by atoms with E-state index in [2.05, 4.69) is 11.4 Å². The van der Waals surface area contributed by atoms with Gasteiger partial charge in [-0.05, 0) is 30.5 Å². The fourth-order valence-corrected chi connectivity index (χ4v) is 2.51. The SMILES string of the molecule is CCc1c(NC2CCOCC2=O)ccc(C#N)c1Cl. The van der Waals surface area contributed by atoms with Crippen LogP contribution in [-0.2, 0) is 16.0 Å². The monoisotopic (exact) mass is 278 g/mol. The highest BCUT2D eigenvalue weighted by Gasteiger charge is 2.23. The number of Topliss-reactive ketones (excluding diaryl/α,β-unsaturated/α-hetero) is 1. The Balaban J connectivity index is 2.27. The zero-order chi connectivity index (χ0) is 13.8. The van der Waals surface area contributed by atoms with Gasteiger partial charge >= 0.3 is 0 Å². The van der Waals surface area contributed by atoms with Gasteiger partial charge in [0, 0.05) is 12.3 Å². The second-order valence-corrected chi connectivity index (χ2v) is 4.80. The maximum absolute atomic E-state index is 11.7. The van der Waals surface area contributed by atoms with E-state index in [0.29, 0.717) is 30.0 Å². The summed E-state index contributed by atoms with van der Waals surface area (Å²) in [6.07, 6.45) is 1.35. The van der Waals surface area contributed by atoms with Crippen molar-refractivity contribution in [2.45, 2.75) is 25.8 Å². The van der Waals surface area contributed by atoms with Crippen LogP contribution < -0.4 is 5.32 Å². The molecule has 4 nitrogen and oxygen atoms in total. The number of nitrogens with zero attached hydrogens (tertiary/aromatic N) is 1. The largest absolute Gasteiger partial charge is 0.375 e. The lowest BCUT2D eigenvalue weighted by Crippen LogP contribution is -2.38. The lowest BCUT2D eigenvalue weighted by molar-refractivity contribution is -0.128. The minimum Gasteiger partial charge on any atom is -0.375 e. The molecule has 1 atom stereocenters. The third-order valence-corrected chi connectivity index (χ3v) is 3.66. The second kappa shape index (κ2) is 6.05. The number of nitrogens with one attached hydrogen (secondary N) is 1. The highest BCUT2D eigenvalue weighted by atomic mass is 35.5. The van der Waals surface area contributed by atoms with Gasteiger partial charge < -0.3 is 10.1 Å². The molecule has 0 amide bonds. The average Bonchev–Trinajstić information content (AvgIpc) is 2.42. The Morgan fingerprint density at radius 2 is 2.37 bits per heavy atom. The molecular formula is C14H15ClN2O2. The number of halogens is 1. The molecule has 0 saturated carbocycles. The molecule has 1 N–H and O–H groups in total. The average molecular weight is 279 g/mol. The Labute approximate surface area is 117 Å². The summed E-state index contributed by atoms with van der Waals surface area (Å²) in [5, 5.41) is 12.7. The molecule has 1 unspecified atom stereocenters. The molecule has 1 heterocycles. The minimum absolute atomic E-state index is 0.0498. The summed E-state index contributed by atoms with van der Waals surface area (Å²) in [7, 11) is 0. The third-order valence-electron chi connectivity index (χ3n) is 3.23. The van der Waals surface area contributed by atoms with Gasteiger partial charge in [0.05, 0.1) is 16.6 Å². The zero-order valence-corrected chi connectivity index (χ0v) is 11.5. The summed E-state index contributed by atoms with van der Waals surface area (Å²) in [5.74, 6) is 0.0498. The maximum atomic E-state index is 11.7.